The topological polar surface area (TPSA) is 105 Å². The van der Waals surface area contributed by atoms with E-state index in [9.17, 15) is 13.2 Å². The summed E-state index contributed by atoms with van der Waals surface area (Å²) in [5, 5.41) is 9.50. The van der Waals surface area contributed by atoms with E-state index in [4.69, 9.17) is 14.6 Å². The first-order valence-corrected chi connectivity index (χ1v) is 12.8. The summed E-state index contributed by atoms with van der Waals surface area (Å²) in [5.41, 5.74) is 0.494. The molecule has 1 heterocycles. The highest BCUT2D eigenvalue weighted by molar-refractivity contribution is 7.92. The molecule has 0 aliphatic carbocycles. The summed E-state index contributed by atoms with van der Waals surface area (Å²) in [6, 6.07) is 15.7. The van der Waals surface area contributed by atoms with Crippen LogP contribution in [-0.4, -0.2) is 39.2 Å². The molecular formula is C25H27FN2O6S. The van der Waals surface area contributed by atoms with E-state index in [1.165, 1.54) is 6.07 Å². The van der Waals surface area contributed by atoms with Crippen molar-refractivity contribution in [2.75, 3.05) is 24.1 Å². The number of fused-ring (bicyclic) bond motifs is 1. The highest BCUT2D eigenvalue weighted by Gasteiger charge is 2.38. The minimum absolute atomic E-state index is 0.0106. The summed E-state index contributed by atoms with van der Waals surface area (Å²) in [5.74, 6) is -1.12. The summed E-state index contributed by atoms with van der Waals surface area (Å²) in [7, 11) is -4.26. The molecule has 8 nitrogen and oxygen atoms in total. The van der Waals surface area contributed by atoms with Crippen LogP contribution in [0.1, 0.15) is 31.2 Å². The Hall–Kier alpha value is -3.37. The maximum absolute atomic E-state index is 15.9. The summed E-state index contributed by atoms with van der Waals surface area (Å²) in [6.07, 6.45) is 3.34. The van der Waals surface area contributed by atoms with Crippen molar-refractivity contribution in [3.63, 3.8) is 0 Å². The third kappa shape index (κ3) is 5.83. The van der Waals surface area contributed by atoms with Crippen LogP contribution in [0.3, 0.4) is 0 Å². The molecule has 4 rings (SSSR count). The minimum atomic E-state index is -4.26. The maximum atomic E-state index is 15.9. The van der Waals surface area contributed by atoms with Gasteiger partial charge in [0.2, 0.25) is 0 Å². The first-order valence-electron chi connectivity index (χ1n) is 11.4. The fraction of sp³-hybridized carbons (Fsp3) is 0.320. The molecule has 0 bridgehead atoms. The van der Waals surface area contributed by atoms with Gasteiger partial charge >= 0.3 is 10.2 Å². The minimum Gasteiger partial charge on any atom is -0.494 e. The van der Waals surface area contributed by atoms with Crippen LogP contribution in [0.5, 0.6) is 11.5 Å². The molecule has 1 aliphatic rings. The second-order valence-electron chi connectivity index (χ2n) is 8.22. The lowest BCUT2D eigenvalue weighted by molar-refractivity contribution is -0.117. The van der Waals surface area contributed by atoms with Gasteiger partial charge in [-0.25, -0.2) is 13.4 Å². The number of nitrogens with one attached hydrogen (secondary N) is 1. The number of hydrogen-bond acceptors (Lipinski definition) is 6. The molecule has 0 unspecified atom stereocenters. The number of halogens is 1. The second kappa shape index (κ2) is 10.9. The molecule has 0 spiro atoms. The van der Waals surface area contributed by atoms with E-state index in [2.05, 4.69) is 0 Å². The monoisotopic (exact) mass is 502 g/mol. The molecule has 10 heteroatoms. The van der Waals surface area contributed by atoms with Gasteiger partial charge in [-0.3, -0.25) is 4.79 Å². The molecule has 1 fully saturated rings. The summed E-state index contributed by atoms with van der Waals surface area (Å²) < 4.78 is 55.1. The largest absolute Gasteiger partial charge is 0.494 e. The molecule has 0 atom stereocenters. The van der Waals surface area contributed by atoms with Crippen molar-refractivity contribution in [2.24, 2.45) is 0 Å². The van der Waals surface area contributed by atoms with Crippen molar-refractivity contribution in [3.05, 3.63) is 66.0 Å². The normalized spacial score (nSPS) is 14.8. The highest BCUT2D eigenvalue weighted by Crippen LogP contribution is 2.40. The third-order valence-corrected chi connectivity index (χ3v) is 6.99. The number of nitrogens with zero attached hydrogens (tertiary/aromatic N) is 1. The van der Waals surface area contributed by atoms with E-state index in [1.54, 1.807) is 18.2 Å². The molecule has 186 valence electrons. The number of ether oxygens (including phenoxy) is 2. The van der Waals surface area contributed by atoms with Crippen LogP contribution in [0.25, 0.3) is 10.8 Å². The molecule has 0 radical (unpaired) electrons. The van der Waals surface area contributed by atoms with E-state index < -0.39 is 28.5 Å². The Morgan fingerprint density at radius 2 is 1.77 bits per heavy atom. The van der Waals surface area contributed by atoms with Gasteiger partial charge in [-0.05, 0) is 48.4 Å². The SMILES string of the molecule is O=C1CN(c2c(OCc3ccccc3)cc3ccc(OCCCCCCO)cc3c2F)S(=O)(=O)N1. The standard InChI is InChI=1S/C25H27FN2O6S/c26-24-21-15-20(33-13-7-2-1-6-12-29)11-10-19(21)14-22(34-17-18-8-4-3-5-9-18)25(24)28-16-23(30)27-35(28,31)32/h3-5,8-11,14-15,29H,1-2,6-7,12-13,16-17H2,(H,27,30). The third-order valence-electron chi connectivity index (χ3n) is 5.62. The number of carbonyl (C=O) groups is 1. The van der Waals surface area contributed by atoms with Gasteiger partial charge in [0.1, 0.15) is 30.3 Å². The van der Waals surface area contributed by atoms with Gasteiger partial charge in [0, 0.05) is 12.0 Å². The Morgan fingerprint density at radius 3 is 2.49 bits per heavy atom. The Bertz CT molecular complexity index is 1300. The van der Waals surface area contributed by atoms with Crippen LogP contribution in [-0.2, 0) is 21.6 Å². The maximum Gasteiger partial charge on any atom is 0.326 e. The summed E-state index contributed by atoms with van der Waals surface area (Å²) >= 11 is 0. The van der Waals surface area contributed by atoms with Crippen LogP contribution >= 0.6 is 0 Å². The van der Waals surface area contributed by atoms with Crippen molar-refractivity contribution in [2.45, 2.75) is 32.3 Å². The number of amides is 1. The number of rotatable bonds is 11. The molecule has 3 aromatic carbocycles. The zero-order valence-corrected chi connectivity index (χ0v) is 19.9. The number of aliphatic hydroxyl groups is 1. The number of anilines is 1. The predicted molar refractivity (Wildman–Crippen MR) is 130 cm³/mol. The first kappa shape index (κ1) is 24.7. The van der Waals surface area contributed by atoms with Gasteiger partial charge in [-0.15, -0.1) is 0 Å². The number of aliphatic hydroxyl groups excluding tert-OH is 1. The second-order valence-corrected chi connectivity index (χ2v) is 9.81. The van der Waals surface area contributed by atoms with Gasteiger partial charge in [0.25, 0.3) is 5.91 Å². The quantitative estimate of drug-likeness (QED) is 0.388. The molecule has 0 saturated carbocycles. The van der Waals surface area contributed by atoms with Crippen molar-refractivity contribution < 1.29 is 32.2 Å². The summed E-state index contributed by atoms with van der Waals surface area (Å²) in [4.78, 5) is 11.8. The molecule has 1 aliphatic heterocycles. The Kier molecular flexibility index (Phi) is 7.72. The lowest BCUT2D eigenvalue weighted by Crippen LogP contribution is -2.30. The zero-order chi connectivity index (χ0) is 24.8. The van der Waals surface area contributed by atoms with Crippen molar-refractivity contribution in [1.82, 2.24) is 4.72 Å². The van der Waals surface area contributed by atoms with Gasteiger partial charge in [0.15, 0.2) is 5.82 Å². The lowest BCUT2D eigenvalue weighted by Gasteiger charge is -2.21. The first-order chi connectivity index (χ1) is 16.9. The molecule has 0 aromatic heterocycles. The zero-order valence-electron chi connectivity index (χ0n) is 19.1. The van der Waals surface area contributed by atoms with Crippen molar-refractivity contribution in [1.29, 1.82) is 0 Å². The smallest absolute Gasteiger partial charge is 0.326 e. The van der Waals surface area contributed by atoms with Crippen LogP contribution in [0, 0.1) is 5.82 Å². The average Bonchev–Trinajstić information content (AvgIpc) is 3.12. The number of hydrogen-bond donors (Lipinski definition) is 2. The number of carbonyl (C=O) groups excluding carboxylic acids is 1. The average molecular weight is 503 g/mol. The highest BCUT2D eigenvalue weighted by atomic mass is 32.2. The number of unbranched alkanes of at least 4 members (excludes halogenated alkanes) is 3. The molecule has 2 N–H and O–H groups in total. The Balaban J connectivity index is 1.66. The fourth-order valence-corrected chi connectivity index (χ4v) is 5.03. The van der Waals surface area contributed by atoms with Gasteiger partial charge in [-0.1, -0.05) is 42.8 Å². The van der Waals surface area contributed by atoms with Gasteiger partial charge in [-0.2, -0.15) is 8.42 Å². The van der Waals surface area contributed by atoms with E-state index in [0.29, 0.717) is 22.0 Å². The van der Waals surface area contributed by atoms with Crippen molar-refractivity contribution >= 4 is 32.6 Å². The fourth-order valence-electron chi connectivity index (χ4n) is 3.87. The van der Waals surface area contributed by atoms with Crippen molar-refractivity contribution in [3.8, 4) is 11.5 Å². The molecule has 3 aromatic rings. The molecule has 1 amide bonds. The predicted octanol–water partition coefficient (Wildman–Crippen LogP) is 3.67. The van der Waals surface area contributed by atoms with Gasteiger partial charge < -0.3 is 14.6 Å². The van der Waals surface area contributed by atoms with E-state index >= 15 is 4.39 Å². The van der Waals surface area contributed by atoms with Crippen LogP contribution in [0.4, 0.5) is 10.1 Å². The van der Waals surface area contributed by atoms with Crippen LogP contribution < -0.4 is 18.5 Å². The van der Waals surface area contributed by atoms with Crippen LogP contribution in [0.2, 0.25) is 0 Å². The number of benzene rings is 3. The lowest BCUT2D eigenvalue weighted by atomic mass is 10.1. The van der Waals surface area contributed by atoms with E-state index in [-0.39, 0.29) is 30.0 Å². The molecule has 1 saturated heterocycles. The Labute approximate surface area is 203 Å². The molecular weight excluding hydrogens is 475 g/mol. The van der Waals surface area contributed by atoms with E-state index in [1.807, 2.05) is 35.1 Å². The van der Waals surface area contributed by atoms with E-state index in [0.717, 1.165) is 31.2 Å². The van der Waals surface area contributed by atoms with Crippen LogP contribution in [0.15, 0.2) is 54.6 Å². The van der Waals surface area contributed by atoms with Gasteiger partial charge in [0.05, 0.1) is 6.61 Å². The Morgan fingerprint density at radius 1 is 1.00 bits per heavy atom. The summed E-state index contributed by atoms with van der Waals surface area (Å²) in [6.45, 7) is 0.142. The molecule has 35 heavy (non-hydrogen) atoms.